The van der Waals surface area contributed by atoms with E-state index in [1.165, 1.54) is 0 Å². The molecule has 1 aromatic heterocycles. The van der Waals surface area contributed by atoms with E-state index >= 15 is 0 Å². The fraction of sp³-hybridized carbons (Fsp3) is 0.536. The van der Waals surface area contributed by atoms with Crippen molar-refractivity contribution in [1.82, 2.24) is 14.8 Å². The summed E-state index contributed by atoms with van der Waals surface area (Å²) in [4.78, 5) is 36.7. The molecule has 1 aromatic carbocycles. The van der Waals surface area contributed by atoms with Crippen molar-refractivity contribution >= 4 is 17.5 Å². The summed E-state index contributed by atoms with van der Waals surface area (Å²) in [6.07, 6.45) is 7.23. The number of hydrogen-bond acceptors (Lipinski definition) is 5. The Morgan fingerprint density at radius 1 is 1.00 bits per heavy atom. The van der Waals surface area contributed by atoms with Crippen LogP contribution in [0, 0.1) is 0 Å². The number of amides is 2. The predicted molar refractivity (Wildman–Crippen MR) is 137 cm³/mol. The summed E-state index contributed by atoms with van der Waals surface area (Å²) >= 11 is 0. The van der Waals surface area contributed by atoms with Crippen molar-refractivity contribution in [3.05, 3.63) is 59.9 Å². The number of para-hydroxylation sites is 1. The number of ether oxygens (including phenoxy) is 1. The smallest absolute Gasteiger partial charge is 0.223 e. The first kappa shape index (κ1) is 25.3. The van der Waals surface area contributed by atoms with Crippen LogP contribution in [-0.2, 0) is 27.4 Å². The molecule has 7 heteroatoms. The summed E-state index contributed by atoms with van der Waals surface area (Å²) in [7, 11) is 0. The molecule has 1 saturated heterocycles. The molecule has 2 aliphatic rings. The van der Waals surface area contributed by atoms with Gasteiger partial charge in [0.15, 0.2) is 0 Å². The van der Waals surface area contributed by atoms with E-state index in [2.05, 4.69) is 16.0 Å². The highest BCUT2D eigenvalue weighted by molar-refractivity contribution is 5.92. The second-order valence-corrected chi connectivity index (χ2v) is 9.59. The first-order chi connectivity index (χ1) is 17.1. The summed E-state index contributed by atoms with van der Waals surface area (Å²) in [6, 6.07) is 14.0. The molecule has 0 saturated carbocycles. The van der Waals surface area contributed by atoms with Crippen LogP contribution >= 0.6 is 0 Å². The summed E-state index contributed by atoms with van der Waals surface area (Å²) in [5, 5.41) is 0. The minimum Gasteiger partial charge on any atom is -0.378 e. The SMILES string of the molecule is CC(=O)N1CCCN(Cc2ccccn2)CCCN(C(=O)CCC2CCCO2)Cc2ccccc21. The Balaban J connectivity index is 1.52. The van der Waals surface area contributed by atoms with Crippen molar-refractivity contribution in [3.8, 4) is 0 Å². The van der Waals surface area contributed by atoms with Crippen LogP contribution in [0.1, 0.15) is 56.7 Å². The molecule has 2 aliphatic heterocycles. The van der Waals surface area contributed by atoms with Crippen LogP contribution in [-0.4, -0.2) is 65.5 Å². The predicted octanol–water partition coefficient (Wildman–Crippen LogP) is 4.02. The topological polar surface area (TPSA) is 66.0 Å². The van der Waals surface area contributed by atoms with Crippen molar-refractivity contribution in [3.63, 3.8) is 0 Å². The summed E-state index contributed by atoms with van der Waals surface area (Å²) in [5.74, 6) is 0.194. The van der Waals surface area contributed by atoms with E-state index in [-0.39, 0.29) is 17.9 Å². The summed E-state index contributed by atoms with van der Waals surface area (Å²) in [5.41, 5.74) is 2.98. The molecular formula is C28H38N4O3. The highest BCUT2D eigenvalue weighted by Gasteiger charge is 2.23. The average molecular weight is 479 g/mol. The lowest BCUT2D eigenvalue weighted by Crippen LogP contribution is -2.38. The zero-order valence-corrected chi connectivity index (χ0v) is 20.9. The molecule has 4 rings (SSSR count). The second-order valence-electron chi connectivity index (χ2n) is 9.59. The van der Waals surface area contributed by atoms with Crippen LogP contribution < -0.4 is 4.90 Å². The minimum atomic E-state index is 0.0297. The molecule has 1 atom stereocenters. The lowest BCUT2D eigenvalue weighted by atomic mass is 10.1. The van der Waals surface area contributed by atoms with Gasteiger partial charge in [0, 0.05) is 71.1 Å². The van der Waals surface area contributed by atoms with Crippen LogP contribution in [0.5, 0.6) is 0 Å². The molecule has 35 heavy (non-hydrogen) atoms. The number of hydrogen-bond donors (Lipinski definition) is 0. The number of carbonyl (C=O) groups excluding carboxylic acids is 2. The van der Waals surface area contributed by atoms with Gasteiger partial charge in [0.25, 0.3) is 0 Å². The second kappa shape index (κ2) is 12.8. The van der Waals surface area contributed by atoms with Gasteiger partial charge in [0.1, 0.15) is 0 Å². The summed E-state index contributed by atoms with van der Waals surface area (Å²) < 4.78 is 5.74. The number of anilines is 1. The van der Waals surface area contributed by atoms with Crippen molar-refractivity contribution in [2.24, 2.45) is 0 Å². The monoisotopic (exact) mass is 478 g/mol. The standard InChI is InChI=1S/C28H38N4O3/c1-23(33)32-19-8-17-30(22-25-10-4-5-15-29-25)16-7-18-31(21-24-9-2-3-12-27(24)32)28(34)14-13-26-11-6-20-35-26/h2-5,9-10,12,15,26H,6-8,11,13-14,16-22H2,1H3. The van der Waals surface area contributed by atoms with Crippen molar-refractivity contribution in [2.45, 2.75) is 64.6 Å². The van der Waals surface area contributed by atoms with Crippen molar-refractivity contribution in [2.75, 3.05) is 37.7 Å². The number of nitrogens with zero attached hydrogens (tertiary/aromatic N) is 4. The lowest BCUT2D eigenvalue weighted by Gasteiger charge is -2.31. The van der Waals surface area contributed by atoms with Crippen LogP contribution in [0.25, 0.3) is 0 Å². The molecule has 2 amide bonds. The van der Waals surface area contributed by atoms with E-state index < -0.39 is 0 Å². The first-order valence-corrected chi connectivity index (χ1v) is 13.0. The van der Waals surface area contributed by atoms with E-state index in [4.69, 9.17) is 4.74 Å². The van der Waals surface area contributed by atoms with Gasteiger partial charge in [-0.05, 0) is 55.9 Å². The fourth-order valence-electron chi connectivity index (χ4n) is 5.10. The Morgan fingerprint density at radius 2 is 1.80 bits per heavy atom. The Hall–Kier alpha value is -2.77. The molecule has 0 aliphatic carbocycles. The normalized spacial score (nSPS) is 20.1. The van der Waals surface area contributed by atoms with E-state index in [1.807, 2.05) is 52.4 Å². The maximum Gasteiger partial charge on any atom is 0.223 e. The molecule has 0 bridgehead atoms. The molecule has 1 unspecified atom stereocenters. The average Bonchev–Trinajstić information content (AvgIpc) is 3.38. The molecule has 1 fully saturated rings. The van der Waals surface area contributed by atoms with E-state index in [0.717, 1.165) is 75.3 Å². The zero-order chi connectivity index (χ0) is 24.5. The van der Waals surface area contributed by atoms with Crippen molar-refractivity contribution < 1.29 is 14.3 Å². The number of carbonyl (C=O) groups is 2. The Labute approximate surface area is 209 Å². The number of aromatic nitrogens is 1. The van der Waals surface area contributed by atoms with Crippen LogP contribution in [0.2, 0.25) is 0 Å². The Bertz CT molecular complexity index is 962. The third kappa shape index (κ3) is 7.36. The van der Waals surface area contributed by atoms with Gasteiger partial charge in [-0.3, -0.25) is 19.5 Å². The molecule has 0 spiro atoms. The molecular weight excluding hydrogens is 440 g/mol. The van der Waals surface area contributed by atoms with Gasteiger partial charge < -0.3 is 14.5 Å². The van der Waals surface area contributed by atoms with E-state index in [9.17, 15) is 9.59 Å². The van der Waals surface area contributed by atoms with Crippen LogP contribution in [0.4, 0.5) is 5.69 Å². The van der Waals surface area contributed by atoms with Crippen molar-refractivity contribution in [1.29, 1.82) is 0 Å². The fourth-order valence-corrected chi connectivity index (χ4v) is 5.10. The van der Waals surface area contributed by atoms with Gasteiger partial charge in [-0.1, -0.05) is 24.3 Å². The number of benzene rings is 1. The third-order valence-electron chi connectivity index (χ3n) is 6.95. The Kier molecular flexibility index (Phi) is 9.26. The molecule has 0 N–H and O–H groups in total. The van der Waals surface area contributed by atoms with Crippen LogP contribution in [0.3, 0.4) is 0 Å². The minimum absolute atomic E-state index is 0.0297. The summed E-state index contributed by atoms with van der Waals surface area (Å²) in [6.45, 7) is 6.82. The Morgan fingerprint density at radius 3 is 2.54 bits per heavy atom. The maximum absolute atomic E-state index is 13.3. The van der Waals surface area contributed by atoms with Gasteiger partial charge >= 0.3 is 0 Å². The first-order valence-electron chi connectivity index (χ1n) is 13.0. The largest absolute Gasteiger partial charge is 0.378 e. The molecule has 0 radical (unpaired) electrons. The molecule has 188 valence electrons. The van der Waals surface area contributed by atoms with Gasteiger partial charge in [-0.2, -0.15) is 0 Å². The highest BCUT2D eigenvalue weighted by atomic mass is 16.5. The van der Waals surface area contributed by atoms with Gasteiger partial charge in [0.05, 0.1) is 11.8 Å². The number of fused-ring (bicyclic) bond motifs is 1. The highest BCUT2D eigenvalue weighted by Crippen LogP contribution is 2.25. The molecule has 7 nitrogen and oxygen atoms in total. The zero-order valence-electron chi connectivity index (χ0n) is 20.9. The van der Waals surface area contributed by atoms with E-state index in [0.29, 0.717) is 26.1 Å². The van der Waals surface area contributed by atoms with Gasteiger partial charge in [-0.15, -0.1) is 0 Å². The van der Waals surface area contributed by atoms with Gasteiger partial charge in [-0.25, -0.2) is 0 Å². The number of rotatable bonds is 5. The lowest BCUT2D eigenvalue weighted by molar-refractivity contribution is -0.132. The quantitative estimate of drug-likeness (QED) is 0.650. The van der Waals surface area contributed by atoms with Gasteiger partial charge in [0.2, 0.25) is 11.8 Å². The van der Waals surface area contributed by atoms with Crippen LogP contribution in [0.15, 0.2) is 48.7 Å². The third-order valence-corrected chi connectivity index (χ3v) is 6.95. The maximum atomic E-state index is 13.3. The molecule has 3 heterocycles. The molecule has 2 aromatic rings. The van der Waals surface area contributed by atoms with E-state index in [1.54, 1.807) is 6.92 Å². The number of pyridine rings is 1.